The molecule has 0 unspecified atom stereocenters. The summed E-state index contributed by atoms with van der Waals surface area (Å²) in [5, 5.41) is 3.21. The molecule has 3 rings (SSSR count). The van der Waals surface area contributed by atoms with Gasteiger partial charge in [0.2, 0.25) is 0 Å². The fraction of sp³-hybridized carbons (Fsp3) is 0.143. The highest BCUT2D eigenvalue weighted by Crippen LogP contribution is 2.23. The van der Waals surface area contributed by atoms with Gasteiger partial charge >= 0.3 is 0 Å². The molecule has 0 aliphatic carbocycles. The first kappa shape index (κ1) is 21.6. The summed E-state index contributed by atoms with van der Waals surface area (Å²) < 4.78 is 33.0. The SMILES string of the molecule is Cc1ccc(NS(=O)(=O)c2ccc(OCC(=O)NCc3ccncc3)cc2)cc1Cl. The lowest BCUT2D eigenvalue weighted by atomic mass is 10.2. The van der Waals surface area contributed by atoms with E-state index in [1.54, 1.807) is 42.7 Å². The number of nitrogens with one attached hydrogen (secondary N) is 2. The van der Waals surface area contributed by atoms with Gasteiger partial charge in [-0.3, -0.25) is 14.5 Å². The van der Waals surface area contributed by atoms with E-state index in [9.17, 15) is 13.2 Å². The third-order valence-corrected chi connectivity index (χ3v) is 5.97. The lowest BCUT2D eigenvalue weighted by molar-refractivity contribution is -0.123. The molecule has 2 aromatic carbocycles. The van der Waals surface area contributed by atoms with Crippen molar-refractivity contribution in [3.63, 3.8) is 0 Å². The van der Waals surface area contributed by atoms with E-state index in [0.717, 1.165) is 11.1 Å². The van der Waals surface area contributed by atoms with Crippen molar-refractivity contribution in [1.29, 1.82) is 0 Å². The number of sulfonamides is 1. The van der Waals surface area contributed by atoms with Gasteiger partial charge in [0, 0.05) is 24.0 Å². The lowest BCUT2D eigenvalue weighted by Crippen LogP contribution is -2.28. The maximum Gasteiger partial charge on any atom is 0.261 e. The summed E-state index contributed by atoms with van der Waals surface area (Å²) in [6.07, 6.45) is 3.30. The van der Waals surface area contributed by atoms with Crippen LogP contribution in [0.3, 0.4) is 0 Å². The largest absolute Gasteiger partial charge is 0.484 e. The highest BCUT2D eigenvalue weighted by Gasteiger charge is 2.15. The molecule has 1 heterocycles. The van der Waals surface area contributed by atoms with E-state index in [-0.39, 0.29) is 17.4 Å². The molecule has 0 fully saturated rings. The van der Waals surface area contributed by atoms with Crippen LogP contribution in [-0.2, 0) is 21.4 Å². The summed E-state index contributed by atoms with van der Waals surface area (Å²) in [7, 11) is -3.78. The van der Waals surface area contributed by atoms with Gasteiger partial charge in [-0.05, 0) is 66.6 Å². The second-order valence-electron chi connectivity index (χ2n) is 6.46. The number of benzene rings is 2. The van der Waals surface area contributed by atoms with Gasteiger partial charge in [-0.1, -0.05) is 17.7 Å². The topological polar surface area (TPSA) is 97.4 Å². The van der Waals surface area contributed by atoms with Crippen molar-refractivity contribution in [2.45, 2.75) is 18.4 Å². The normalized spacial score (nSPS) is 11.0. The molecule has 9 heteroatoms. The molecule has 2 N–H and O–H groups in total. The molecule has 0 aliphatic heterocycles. The number of carbonyl (C=O) groups excluding carboxylic acids is 1. The van der Waals surface area contributed by atoms with Gasteiger partial charge in [-0.15, -0.1) is 0 Å². The smallest absolute Gasteiger partial charge is 0.261 e. The van der Waals surface area contributed by atoms with Crippen LogP contribution < -0.4 is 14.8 Å². The highest BCUT2D eigenvalue weighted by atomic mass is 35.5. The van der Waals surface area contributed by atoms with Gasteiger partial charge in [0.25, 0.3) is 15.9 Å². The molecular weight excluding hydrogens is 426 g/mol. The Morgan fingerprint density at radius 3 is 2.43 bits per heavy atom. The number of aromatic nitrogens is 1. The molecule has 156 valence electrons. The summed E-state index contributed by atoms with van der Waals surface area (Å²) in [4.78, 5) is 15.9. The second-order valence-corrected chi connectivity index (χ2v) is 8.55. The molecule has 30 heavy (non-hydrogen) atoms. The predicted octanol–water partition coefficient (Wildman–Crippen LogP) is 3.54. The first-order valence-electron chi connectivity index (χ1n) is 9.01. The first-order valence-corrected chi connectivity index (χ1v) is 10.9. The molecule has 0 bridgehead atoms. The van der Waals surface area contributed by atoms with Gasteiger partial charge < -0.3 is 10.1 Å². The van der Waals surface area contributed by atoms with Crippen LogP contribution in [0, 0.1) is 6.92 Å². The molecule has 0 atom stereocenters. The molecule has 0 aliphatic rings. The Morgan fingerprint density at radius 2 is 1.77 bits per heavy atom. The standard InChI is InChI=1S/C21H20ClN3O4S/c1-15-2-3-17(12-20(15)22)25-30(27,28)19-6-4-18(5-7-19)29-14-21(26)24-13-16-8-10-23-11-9-16/h2-12,25H,13-14H2,1H3,(H,24,26). The molecule has 7 nitrogen and oxygen atoms in total. The van der Waals surface area contributed by atoms with Crippen molar-refractivity contribution in [3.05, 3.63) is 83.1 Å². The quantitative estimate of drug-likeness (QED) is 0.552. The molecular formula is C21H20ClN3O4S. The van der Waals surface area contributed by atoms with Crippen LogP contribution in [0.15, 0.2) is 71.9 Å². The van der Waals surface area contributed by atoms with Gasteiger partial charge in [-0.25, -0.2) is 8.42 Å². The number of pyridine rings is 1. The average Bonchev–Trinajstić information content (AvgIpc) is 2.74. The summed E-state index contributed by atoms with van der Waals surface area (Å²) in [5.41, 5.74) is 2.15. The molecule has 0 radical (unpaired) electrons. The van der Waals surface area contributed by atoms with Crippen LogP contribution in [0.5, 0.6) is 5.75 Å². The molecule has 3 aromatic rings. The number of rotatable bonds is 8. The zero-order chi connectivity index (χ0) is 21.6. The minimum atomic E-state index is -3.78. The maximum absolute atomic E-state index is 12.5. The Labute approximate surface area is 180 Å². The zero-order valence-corrected chi connectivity index (χ0v) is 17.7. The van der Waals surface area contributed by atoms with Crippen LogP contribution in [0.2, 0.25) is 5.02 Å². The minimum Gasteiger partial charge on any atom is -0.484 e. The number of halogens is 1. The van der Waals surface area contributed by atoms with Gasteiger partial charge in [0.1, 0.15) is 5.75 Å². The fourth-order valence-corrected chi connectivity index (χ4v) is 3.72. The Hall–Kier alpha value is -3.10. The Morgan fingerprint density at radius 1 is 1.07 bits per heavy atom. The van der Waals surface area contributed by atoms with Crippen molar-refractivity contribution >= 4 is 33.2 Å². The Balaban J connectivity index is 1.54. The molecule has 0 spiro atoms. The van der Waals surface area contributed by atoms with Gasteiger partial charge in [-0.2, -0.15) is 0 Å². The molecule has 1 amide bonds. The van der Waals surface area contributed by atoms with Crippen LogP contribution in [0.4, 0.5) is 5.69 Å². The highest BCUT2D eigenvalue weighted by molar-refractivity contribution is 7.92. The summed E-state index contributed by atoms with van der Waals surface area (Å²) in [6.45, 7) is 2.02. The van der Waals surface area contributed by atoms with E-state index in [1.807, 2.05) is 6.92 Å². The summed E-state index contributed by atoms with van der Waals surface area (Å²) in [5.74, 6) is 0.0906. The number of ether oxygens (including phenoxy) is 1. The maximum atomic E-state index is 12.5. The van der Waals surface area contributed by atoms with Crippen LogP contribution in [-0.4, -0.2) is 25.9 Å². The third kappa shape index (κ3) is 5.95. The molecule has 0 saturated heterocycles. The van der Waals surface area contributed by atoms with E-state index in [1.165, 1.54) is 24.3 Å². The van der Waals surface area contributed by atoms with E-state index < -0.39 is 10.0 Å². The molecule has 0 saturated carbocycles. The van der Waals surface area contributed by atoms with Gasteiger partial charge in [0.05, 0.1) is 10.6 Å². The second kappa shape index (κ2) is 9.60. The summed E-state index contributed by atoms with van der Waals surface area (Å²) >= 11 is 6.04. The first-order chi connectivity index (χ1) is 14.3. The van der Waals surface area contributed by atoms with E-state index in [0.29, 0.717) is 23.0 Å². The fourth-order valence-electron chi connectivity index (χ4n) is 2.49. The summed E-state index contributed by atoms with van der Waals surface area (Å²) in [6, 6.07) is 14.3. The van der Waals surface area contributed by atoms with Crippen molar-refractivity contribution in [2.75, 3.05) is 11.3 Å². The number of hydrogen-bond acceptors (Lipinski definition) is 5. The van der Waals surface area contributed by atoms with E-state index >= 15 is 0 Å². The van der Waals surface area contributed by atoms with Crippen molar-refractivity contribution < 1.29 is 17.9 Å². The van der Waals surface area contributed by atoms with E-state index in [4.69, 9.17) is 16.3 Å². The number of nitrogens with zero attached hydrogens (tertiary/aromatic N) is 1. The van der Waals surface area contributed by atoms with Crippen molar-refractivity contribution in [2.24, 2.45) is 0 Å². The molecule has 1 aromatic heterocycles. The van der Waals surface area contributed by atoms with Crippen molar-refractivity contribution in [3.8, 4) is 5.75 Å². The average molecular weight is 446 g/mol. The van der Waals surface area contributed by atoms with Crippen LogP contribution in [0.1, 0.15) is 11.1 Å². The third-order valence-electron chi connectivity index (χ3n) is 4.17. The Bertz CT molecular complexity index is 1120. The predicted molar refractivity (Wildman–Crippen MR) is 115 cm³/mol. The van der Waals surface area contributed by atoms with Gasteiger partial charge in [0.15, 0.2) is 6.61 Å². The number of amides is 1. The zero-order valence-electron chi connectivity index (χ0n) is 16.1. The number of carbonyl (C=O) groups is 1. The van der Waals surface area contributed by atoms with Crippen LogP contribution in [0.25, 0.3) is 0 Å². The minimum absolute atomic E-state index is 0.0636. The van der Waals surface area contributed by atoms with E-state index in [2.05, 4.69) is 15.0 Å². The number of hydrogen-bond donors (Lipinski definition) is 2. The monoisotopic (exact) mass is 445 g/mol. The van der Waals surface area contributed by atoms with Crippen LogP contribution >= 0.6 is 11.6 Å². The number of anilines is 1. The number of aryl methyl sites for hydroxylation is 1. The van der Waals surface area contributed by atoms with Crippen molar-refractivity contribution in [1.82, 2.24) is 10.3 Å². The lowest BCUT2D eigenvalue weighted by Gasteiger charge is -2.11. The Kier molecular flexibility index (Phi) is 6.91.